The summed E-state index contributed by atoms with van der Waals surface area (Å²) in [6.07, 6.45) is -4.30. The second kappa shape index (κ2) is 4.53. The van der Waals surface area contributed by atoms with Crippen molar-refractivity contribution < 1.29 is 13.2 Å². The molecular formula is C10H11BrF3N. The fourth-order valence-electron chi connectivity index (χ4n) is 1.23. The molecule has 1 aromatic carbocycles. The van der Waals surface area contributed by atoms with Gasteiger partial charge >= 0.3 is 6.18 Å². The number of halogens is 4. The van der Waals surface area contributed by atoms with Gasteiger partial charge in [0, 0.05) is 4.47 Å². The molecule has 0 saturated heterocycles. The van der Waals surface area contributed by atoms with Gasteiger partial charge < -0.3 is 5.73 Å². The van der Waals surface area contributed by atoms with Gasteiger partial charge in [0.05, 0.1) is 5.56 Å². The van der Waals surface area contributed by atoms with Crippen LogP contribution >= 0.6 is 15.9 Å². The minimum atomic E-state index is -4.30. The van der Waals surface area contributed by atoms with Gasteiger partial charge in [-0.05, 0) is 30.2 Å². The molecule has 0 aliphatic rings. The average molecular weight is 282 g/mol. The molecule has 0 amide bonds. The minimum Gasteiger partial charge on any atom is -0.330 e. The minimum absolute atomic E-state index is 0.0432. The van der Waals surface area contributed by atoms with Gasteiger partial charge in [-0.15, -0.1) is 0 Å². The lowest BCUT2D eigenvalue weighted by atomic mass is 10.00. The fraction of sp³-hybridized carbons (Fsp3) is 0.400. The molecule has 0 bridgehead atoms. The topological polar surface area (TPSA) is 26.0 Å². The van der Waals surface area contributed by atoms with Crippen molar-refractivity contribution in [2.45, 2.75) is 19.0 Å². The molecule has 2 N–H and O–H groups in total. The Morgan fingerprint density at radius 2 is 2.00 bits per heavy atom. The summed E-state index contributed by atoms with van der Waals surface area (Å²) in [7, 11) is 0. The molecule has 0 aliphatic heterocycles. The van der Waals surface area contributed by atoms with E-state index in [1.54, 1.807) is 0 Å². The number of rotatable bonds is 2. The lowest BCUT2D eigenvalue weighted by Crippen LogP contribution is -2.11. The van der Waals surface area contributed by atoms with E-state index in [2.05, 4.69) is 15.9 Å². The Morgan fingerprint density at radius 3 is 2.40 bits per heavy atom. The molecule has 1 aromatic rings. The monoisotopic (exact) mass is 281 g/mol. The number of hydrogen-bond acceptors (Lipinski definition) is 1. The van der Waals surface area contributed by atoms with E-state index in [0.717, 1.165) is 17.7 Å². The summed E-state index contributed by atoms with van der Waals surface area (Å²) >= 11 is 3.13. The van der Waals surface area contributed by atoms with E-state index in [9.17, 15) is 13.2 Å². The van der Waals surface area contributed by atoms with E-state index in [1.807, 2.05) is 6.92 Å². The van der Waals surface area contributed by atoms with E-state index >= 15 is 0 Å². The molecular weight excluding hydrogens is 271 g/mol. The van der Waals surface area contributed by atoms with Gasteiger partial charge in [0.2, 0.25) is 0 Å². The lowest BCUT2D eigenvalue weighted by molar-refractivity contribution is -0.137. The lowest BCUT2D eigenvalue weighted by Gasteiger charge is -2.13. The predicted octanol–water partition coefficient (Wildman–Crippen LogP) is 3.53. The van der Waals surface area contributed by atoms with E-state index < -0.39 is 11.7 Å². The maximum Gasteiger partial charge on any atom is 0.416 e. The normalized spacial score (nSPS) is 14.0. The molecule has 1 rings (SSSR count). The average Bonchev–Trinajstić information content (AvgIpc) is 2.15. The van der Waals surface area contributed by atoms with Gasteiger partial charge in [-0.1, -0.05) is 28.9 Å². The summed E-state index contributed by atoms with van der Waals surface area (Å²) in [5.74, 6) is 0.0432. The highest BCUT2D eigenvalue weighted by molar-refractivity contribution is 9.10. The van der Waals surface area contributed by atoms with Crippen LogP contribution in [0.15, 0.2) is 22.7 Å². The highest BCUT2D eigenvalue weighted by Gasteiger charge is 2.30. The van der Waals surface area contributed by atoms with E-state index in [-0.39, 0.29) is 5.92 Å². The zero-order valence-corrected chi connectivity index (χ0v) is 9.69. The van der Waals surface area contributed by atoms with Gasteiger partial charge in [-0.2, -0.15) is 13.2 Å². The van der Waals surface area contributed by atoms with Crippen LogP contribution in [0.1, 0.15) is 24.0 Å². The second-order valence-electron chi connectivity index (χ2n) is 3.37. The van der Waals surface area contributed by atoms with Crippen molar-refractivity contribution in [3.05, 3.63) is 33.8 Å². The Balaban J connectivity index is 3.09. The Bertz CT molecular complexity index is 349. The molecule has 84 valence electrons. The summed E-state index contributed by atoms with van der Waals surface area (Å²) in [5.41, 5.74) is 5.60. The first kappa shape index (κ1) is 12.5. The van der Waals surface area contributed by atoms with E-state index in [4.69, 9.17) is 5.73 Å². The molecule has 0 aromatic heterocycles. The van der Waals surface area contributed by atoms with Crippen LogP contribution in [0.4, 0.5) is 13.2 Å². The van der Waals surface area contributed by atoms with Crippen molar-refractivity contribution in [2.75, 3.05) is 6.54 Å². The quantitative estimate of drug-likeness (QED) is 0.882. The van der Waals surface area contributed by atoms with E-state index in [1.165, 1.54) is 6.07 Å². The number of benzene rings is 1. The standard InChI is InChI=1S/C10H11BrF3N/c1-6(5-15)8-3-2-7(4-9(8)11)10(12,13)14/h2-4,6H,5,15H2,1H3. The molecule has 0 fully saturated rings. The maximum atomic E-state index is 12.3. The summed E-state index contributed by atoms with van der Waals surface area (Å²) in [4.78, 5) is 0. The Kier molecular flexibility index (Phi) is 3.78. The van der Waals surface area contributed by atoms with E-state index in [0.29, 0.717) is 11.0 Å². The van der Waals surface area contributed by atoms with Gasteiger partial charge in [0.25, 0.3) is 0 Å². The highest BCUT2D eigenvalue weighted by atomic mass is 79.9. The first-order valence-electron chi connectivity index (χ1n) is 4.43. The predicted molar refractivity (Wildman–Crippen MR) is 56.6 cm³/mol. The molecule has 0 aliphatic carbocycles. The molecule has 1 unspecified atom stereocenters. The molecule has 0 radical (unpaired) electrons. The van der Waals surface area contributed by atoms with Crippen molar-refractivity contribution in [3.8, 4) is 0 Å². The zero-order chi connectivity index (χ0) is 11.6. The van der Waals surface area contributed by atoms with Crippen LogP contribution in [0.25, 0.3) is 0 Å². The molecule has 0 heterocycles. The highest BCUT2D eigenvalue weighted by Crippen LogP contribution is 2.33. The van der Waals surface area contributed by atoms with Crippen molar-refractivity contribution in [3.63, 3.8) is 0 Å². The van der Waals surface area contributed by atoms with Gasteiger partial charge in [-0.3, -0.25) is 0 Å². The first-order valence-corrected chi connectivity index (χ1v) is 5.22. The van der Waals surface area contributed by atoms with Gasteiger partial charge in [0.1, 0.15) is 0 Å². The molecule has 0 saturated carbocycles. The van der Waals surface area contributed by atoms with Crippen molar-refractivity contribution in [1.29, 1.82) is 0 Å². The third-order valence-electron chi connectivity index (χ3n) is 2.21. The fourth-order valence-corrected chi connectivity index (χ4v) is 2.00. The maximum absolute atomic E-state index is 12.3. The Labute approximate surface area is 94.6 Å². The van der Waals surface area contributed by atoms with Crippen LogP contribution in [0.2, 0.25) is 0 Å². The number of hydrogen-bond donors (Lipinski definition) is 1. The van der Waals surface area contributed by atoms with Crippen molar-refractivity contribution in [1.82, 2.24) is 0 Å². The number of alkyl halides is 3. The summed E-state index contributed by atoms with van der Waals surface area (Å²) in [6.45, 7) is 2.28. The van der Waals surface area contributed by atoms with Gasteiger partial charge in [0.15, 0.2) is 0 Å². The Morgan fingerprint density at radius 1 is 1.40 bits per heavy atom. The molecule has 1 atom stereocenters. The largest absolute Gasteiger partial charge is 0.416 e. The second-order valence-corrected chi connectivity index (χ2v) is 4.23. The van der Waals surface area contributed by atoms with Crippen LogP contribution in [-0.4, -0.2) is 6.54 Å². The van der Waals surface area contributed by atoms with Crippen LogP contribution in [-0.2, 0) is 6.18 Å². The third-order valence-corrected chi connectivity index (χ3v) is 2.90. The summed E-state index contributed by atoms with van der Waals surface area (Å²) in [6, 6.07) is 3.62. The molecule has 5 heteroatoms. The molecule has 0 spiro atoms. The van der Waals surface area contributed by atoms with Crippen LogP contribution in [0.5, 0.6) is 0 Å². The van der Waals surface area contributed by atoms with Crippen LogP contribution in [0, 0.1) is 0 Å². The summed E-state index contributed by atoms with van der Waals surface area (Å²) in [5, 5.41) is 0. The molecule has 1 nitrogen and oxygen atoms in total. The SMILES string of the molecule is CC(CN)c1ccc(C(F)(F)F)cc1Br. The van der Waals surface area contributed by atoms with Crippen molar-refractivity contribution in [2.24, 2.45) is 5.73 Å². The number of nitrogens with two attached hydrogens (primary N) is 1. The third kappa shape index (κ3) is 2.95. The first-order chi connectivity index (χ1) is 6.86. The smallest absolute Gasteiger partial charge is 0.330 e. The van der Waals surface area contributed by atoms with Crippen molar-refractivity contribution >= 4 is 15.9 Å². The van der Waals surface area contributed by atoms with Gasteiger partial charge in [-0.25, -0.2) is 0 Å². The Hall–Kier alpha value is -0.550. The van der Waals surface area contributed by atoms with Crippen LogP contribution < -0.4 is 5.73 Å². The zero-order valence-electron chi connectivity index (χ0n) is 8.11. The summed E-state index contributed by atoms with van der Waals surface area (Å²) < 4.78 is 37.5. The van der Waals surface area contributed by atoms with Crippen LogP contribution in [0.3, 0.4) is 0 Å². The molecule has 15 heavy (non-hydrogen) atoms.